The van der Waals surface area contributed by atoms with Crippen LogP contribution in [0.1, 0.15) is 0 Å². The molecule has 0 aliphatic heterocycles. The topological polar surface area (TPSA) is 78.2 Å². The average molecular weight is 153 g/mol. The van der Waals surface area contributed by atoms with Crippen LogP contribution in [0, 0.1) is 11.3 Å². The molecule has 0 spiro atoms. The summed E-state index contributed by atoms with van der Waals surface area (Å²) >= 11 is 0. The quantitative estimate of drug-likeness (QED) is 0.447. The number of hydrogen-bond donors (Lipinski definition) is 1. The highest BCUT2D eigenvalue weighted by molar-refractivity contribution is 8.40. The number of nitriles is 1. The third-order valence-electron chi connectivity index (χ3n) is 0.334. The minimum Gasteiger partial charge on any atom is -0.283 e. The summed E-state index contributed by atoms with van der Waals surface area (Å²) in [5.41, 5.74) is 0. The van der Waals surface area contributed by atoms with E-state index in [1.54, 1.807) is 6.07 Å². The van der Waals surface area contributed by atoms with E-state index in [-0.39, 0.29) is 6.16 Å². The minimum absolute atomic E-state index is 0.126. The van der Waals surface area contributed by atoms with Crippen molar-refractivity contribution in [1.29, 1.82) is 5.26 Å². The fraction of sp³-hybridized carbons (Fsp3) is 0.500. The van der Waals surface area contributed by atoms with Gasteiger partial charge < -0.3 is 0 Å². The third-order valence-corrected chi connectivity index (χ3v) is 2.53. The highest BCUT2D eigenvalue weighted by Crippen LogP contribution is 2.15. The average Bonchev–Trinajstić information content (AvgIpc) is 1.59. The fourth-order valence-electron chi connectivity index (χ4n) is 0.123. The SMILES string of the molecule is N#CCPS(=O)(=O)O. The van der Waals surface area contributed by atoms with Crippen LogP contribution >= 0.6 is 7.78 Å². The Hall–Kier alpha value is -0.170. The van der Waals surface area contributed by atoms with Gasteiger partial charge in [-0.05, 0) is 0 Å². The highest BCUT2D eigenvalue weighted by Gasteiger charge is 2.00. The van der Waals surface area contributed by atoms with Crippen molar-refractivity contribution in [3.8, 4) is 6.07 Å². The molecule has 46 valence electrons. The molecule has 0 aliphatic rings. The van der Waals surface area contributed by atoms with E-state index in [0.717, 1.165) is 0 Å². The molecule has 0 fully saturated rings. The predicted octanol–water partition coefficient (Wildman–Crippen LogP) is -0.00872. The first-order valence-corrected chi connectivity index (χ1v) is 5.02. The highest BCUT2D eigenvalue weighted by atomic mass is 32.8. The van der Waals surface area contributed by atoms with Crippen molar-refractivity contribution in [2.75, 3.05) is 6.16 Å². The first-order chi connectivity index (χ1) is 3.56. The molecule has 6 heteroatoms. The maximum absolute atomic E-state index is 9.81. The molecule has 0 aromatic carbocycles. The van der Waals surface area contributed by atoms with Crippen molar-refractivity contribution in [2.24, 2.45) is 0 Å². The molecule has 0 amide bonds. The Morgan fingerprint density at radius 2 is 2.25 bits per heavy atom. The van der Waals surface area contributed by atoms with Crippen LogP contribution in [0.15, 0.2) is 0 Å². The van der Waals surface area contributed by atoms with Crippen LogP contribution in [-0.4, -0.2) is 19.1 Å². The van der Waals surface area contributed by atoms with Crippen molar-refractivity contribution in [2.45, 2.75) is 0 Å². The van der Waals surface area contributed by atoms with E-state index in [4.69, 9.17) is 9.81 Å². The Labute approximate surface area is 48.8 Å². The zero-order valence-electron chi connectivity index (χ0n) is 3.83. The Kier molecular flexibility index (Phi) is 2.91. The summed E-state index contributed by atoms with van der Waals surface area (Å²) in [6.45, 7) is 0. The van der Waals surface area contributed by atoms with E-state index in [1.807, 2.05) is 0 Å². The largest absolute Gasteiger partial charge is 0.283 e. The maximum atomic E-state index is 9.81. The molecule has 0 aromatic rings. The van der Waals surface area contributed by atoms with Crippen LogP contribution < -0.4 is 0 Å². The van der Waals surface area contributed by atoms with Crippen molar-refractivity contribution in [1.82, 2.24) is 0 Å². The van der Waals surface area contributed by atoms with Gasteiger partial charge in [0, 0.05) is 7.78 Å². The van der Waals surface area contributed by atoms with E-state index in [1.165, 1.54) is 0 Å². The summed E-state index contributed by atoms with van der Waals surface area (Å²) in [5.74, 6) is 0. The molecule has 0 bridgehead atoms. The standard InChI is InChI=1S/C2H4NO3PS/c3-1-2-7-8(4,5)6/h7H,2H2,(H,4,5,6). The lowest BCUT2D eigenvalue weighted by atomic mass is 10.9. The van der Waals surface area contributed by atoms with E-state index in [0.29, 0.717) is 0 Å². The summed E-state index contributed by atoms with van der Waals surface area (Å²) in [6.07, 6.45) is -0.126. The third kappa shape index (κ3) is 5.83. The van der Waals surface area contributed by atoms with Crippen molar-refractivity contribution in [3.05, 3.63) is 0 Å². The molecule has 0 heterocycles. The van der Waals surface area contributed by atoms with Crippen molar-refractivity contribution in [3.63, 3.8) is 0 Å². The zero-order valence-corrected chi connectivity index (χ0v) is 5.64. The van der Waals surface area contributed by atoms with E-state index in [2.05, 4.69) is 0 Å². The van der Waals surface area contributed by atoms with Gasteiger partial charge in [-0.1, -0.05) is 0 Å². The predicted molar refractivity (Wildman–Crippen MR) is 30.3 cm³/mol. The second-order valence-electron chi connectivity index (χ2n) is 0.954. The normalized spacial score (nSPS) is 12.0. The lowest BCUT2D eigenvalue weighted by molar-refractivity contribution is 0.502. The molecule has 1 atom stereocenters. The molecule has 0 rings (SSSR count). The summed E-state index contributed by atoms with van der Waals surface area (Å²) in [7, 11) is -4.57. The van der Waals surface area contributed by atoms with E-state index in [9.17, 15) is 8.42 Å². The summed E-state index contributed by atoms with van der Waals surface area (Å²) in [5, 5.41) is 7.81. The Morgan fingerprint density at radius 3 is 2.38 bits per heavy atom. The fourth-order valence-corrected chi connectivity index (χ4v) is 1.11. The molecule has 1 N–H and O–H groups in total. The Balaban J connectivity index is 3.63. The summed E-state index contributed by atoms with van der Waals surface area (Å²) in [6, 6.07) is 1.60. The van der Waals surface area contributed by atoms with Gasteiger partial charge in [-0.25, -0.2) is 0 Å². The second kappa shape index (κ2) is 2.98. The van der Waals surface area contributed by atoms with E-state index < -0.39 is 17.5 Å². The second-order valence-corrected chi connectivity index (χ2v) is 4.96. The van der Waals surface area contributed by atoms with Gasteiger partial charge in [0.15, 0.2) is 0 Å². The summed E-state index contributed by atoms with van der Waals surface area (Å²) < 4.78 is 27.6. The monoisotopic (exact) mass is 153 g/mol. The lowest BCUT2D eigenvalue weighted by Gasteiger charge is -1.84. The number of nitrogens with zero attached hydrogens (tertiary/aromatic N) is 1. The molecule has 1 unspecified atom stereocenters. The number of hydrogen-bond acceptors (Lipinski definition) is 3. The van der Waals surface area contributed by atoms with Crippen LogP contribution in [0.5, 0.6) is 0 Å². The molecule has 0 aromatic heterocycles. The molecule has 4 nitrogen and oxygen atoms in total. The Morgan fingerprint density at radius 1 is 1.75 bits per heavy atom. The minimum atomic E-state index is -3.88. The molecule has 0 radical (unpaired) electrons. The molecule has 0 aliphatic carbocycles. The van der Waals surface area contributed by atoms with Crippen LogP contribution in [0.3, 0.4) is 0 Å². The first-order valence-electron chi connectivity index (χ1n) is 1.65. The van der Waals surface area contributed by atoms with Crippen molar-refractivity contribution < 1.29 is 13.0 Å². The van der Waals surface area contributed by atoms with Gasteiger partial charge in [0.1, 0.15) is 0 Å². The van der Waals surface area contributed by atoms with Crippen LogP contribution in [-0.2, 0) is 9.74 Å². The maximum Gasteiger partial charge on any atom is 0.279 e. The van der Waals surface area contributed by atoms with Gasteiger partial charge in [0.2, 0.25) is 0 Å². The van der Waals surface area contributed by atoms with Crippen LogP contribution in [0.25, 0.3) is 0 Å². The molecule has 0 saturated carbocycles. The van der Waals surface area contributed by atoms with Gasteiger partial charge in [-0.15, -0.1) is 0 Å². The van der Waals surface area contributed by atoms with Crippen molar-refractivity contribution >= 4 is 17.5 Å². The summed E-state index contributed by atoms with van der Waals surface area (Å²) in [4.78, 5) is 0. The zero-order chi connectivity index (χ0) is 6.62. The molecular formula is C2H4NO3PS. The lowest BCUT2D eigenvalue weighted by Crippen LogP contribution is -1.86. The van der Waals surface area contributed by atoms with Gasteiger partial charge in [0.25, 0.3) is 9.74 Å². The van der Waals surface area contributed by atoms with Crippen LogP contribution in [0.2, 0.25) is 0 Å². The molecular weight excluding hydrogens is 149 g/mol. The Bertz CT molecular complexity index is 190. The van der Waals surface area contributed by atoms with Crippen LogP contribution in [0.4, 0.5) is 0 Å². The first kappa shape index (κ1) is 7.83. The van der Waals surface area contributed by atoms with Gasteiger partial charge in [-0.3, -0.25) is 4.55 Å². The number of rotatable bonds is 2. The smallest absolute Gasteiger partial charge is 0.279 e. The molecule has 8 heavy (non-hydrogen) atoms. The van der Waals surface area contributed by atoms with Gasteiger partial charge in [-0.2, -0.15) is 13.7 Å². The van der Waals surface area contributed by atoms with E-state index >= 15 is 0 Å². The molecule has 0 saturated heterocycles. The van der Waals surface area contributed by atoms with Gasteiger partial charge in [0.05, 0.1) is 12.2 Å². The van der Waals surface area contributed by atoms with Gasteiger partial charge >= 0.3 is 0 Å².